The van der Waals surface area contributed by atoms with Crippen LogP contribution >= 0.6 is 23.1 Å². The highest BCUT2D eigenvalue weighted by molar-refractivity contribution is 7.99. The normalized spacial score (nSPS) is 10.8. The van der Waals surface area contributed by atoms with E-state index in [-0.39, 0.29) is 5.82 Å². The minimum Gasteiger partial charge on any atom is -0.494 e. The number of hydrogen-bond acceptors (Lipinski definition) is 6. The van der Waals surface area contributed by atoms with Gasteiger partial charge in [0.05, 0.1) is 13.2 Å². The number of rotatable bonds is 8. The first-order valence-electron chi connectivity index (χ1n) is 7.11. The number of hydrogen-bond donors (Lipinski definition) is 0. The second-order valence-corrected chi connectivity index (χ2v) is 6.80. The van der Waals surface area contributed by atoms with E-state index in [1.165, 1.54) is 17.0 Å². The molecule has 0 aliphatic heterocycles. The summed E-state index contributed by atoms with van der Waals surface area (Å²) >= 11 is 3.29. The van der Waals surface area contributed by atoms with Crippen LogP contribution < -0.4 is 4.74 Å². The number of thiophene rings is 1. The van der Waals surface area contributed by atoms with Crippen LogP contribution in [0.2, 0.25) is 0 Å². The maximum atomic E-state index is 12.8. The SMILES string of the molecule is Fc1ccc(OCCCSc2nnnn2Cc2cccs2)cc1. The molecule has 1 aromatic carbocycles. The van der Waals surface area contributed by atoms with Crippen molar-refractivity contribution in [3.05, 3.63) is 52.5 Å². The quantitative estimate of drug-likeness (QED) is 0.460. The van der Waals surface area contributed by atoms with Gasteiger partial charge < -0.3 is 4.74 Å². The molecule has 0 atom stereocenters. The topological polar surface area (TPSA) is 52.8 Å². The van der Waals surface area contributed by atoms with Crippen LogP contribution in [0.25, 0.3) is 0 Å². The molecule has 2 heterocycles. The Bertz CT molecular complexity index is 715. The number of halogens is 1. The van der Waals surface area contributed by atoms with Gasteiger partial charge in [-0.25, -0.2) is 9.07 Å². The molecule has 2 aromatic heterocycles. The van der Waals surface area contributed by atoms with E-state index in [0.29, 0.717) is 18.9 Å². The molecule has 23 heavy (non-hydrogen) atoms. The smallest absolute Gasteiger partial charge is 0.209 e. The lowest BCUT2D eigenvalue weighted by molar-refractivity contribution is 0.318. The zero-order valence-corrected chi connectivity index (χ0v) is 13.9. The summed E-state index contributed by atoms with van der Waals surface area (Å²) < 4.78 is 20.1. The predicted octanol–water partition coefficient (Wildman–Crippen LogP) is 3.48. The molecular weight excluding hydrogens is 335 g/mol. The molecule has 0 aliphatic carbocycles. The lowest BCUT2D eigenvalue weighted by Crippen LogP contribution is -2.03. The molecule has 5 nitrogen and oxygen atoms in total. The third kappa shape index (κ3) is 4.77. The van der Waals surface area contributed by atoms with Crippen LogP contribution in [0.5, 0.6) is 5.75 Å². The van der Waals surface area contributed by atoms with Crippen LogP contribution in [-0.2, 0) is 6.54 Å². The first kappa shape index (κ1) is 15.9. The van der Waals surface area contributed by atoms with Gasteiger partial charge in [0.1, 0.15) is 11.6 Å². The van der Waals surface area contributed by atoms with E-state index in [0.717, 1.165) is 17.3 Å². The van der Waals surface area contributed by atoms with Crippen molar-refractivity contribution in [1.29, 1.82) is 0 Å². The van der Waals surface area contributed by atoms with Crippen molar-refractivity contribution in [2.45, 2.75) is 18.1 Å². The zero-order valence-electron chi connectivity index (χ0n) is 12.3. The number of thioether (sulfide) groups is 1. The van der Waals surface area contributed by atoms with Gasteiger partial charge in [-0.2, -0.15) is 0 Å². The highest BCUT2D eigenvalue weighted by Crippen LogP contribution is 2.18. The second-order valence-electron chi connectivity index (χ2n) is 4.70. The maximum absolute atomic E-state index is 12.8. The molecule has 0 amide bonds. The fourth-order valence-corrected chi connectivity index (χ4v) is 3.37. The first-order valence-corrected chi connectivity index (χ1v) is 8.97. The van der Waals surface area contributed by atoms with E-state index in [9.17, 15) is 4.39 Å². The van der Waals surface area contributed by atoms with E-state index in [4.69, 9.17) is 4.74 Å². The van der Waals surface area contributed by atoms with Gasteiger partial charge in [0.2, 0.25) is 5.16 Å². The monoisotopic (exact) mass is 350 g/mol. The molecule has 0 fully saturated rings. The van der Waals surface area contributed by atoms with Gasteiger partial charge in [0.15, 0.2) is 0 Å². The highest BCUT2D eigenvalue weighted by atomic mass is 32.2. The fraction of sp³-hybridized carbons (Fsp3) is 0.267. The number of aromatic nitrogens is 4. The van der Waals surface area contributed by atoms with Crippen molar-refractivity contribution in [3.8, 4) is 5.75 Å². The Morgan fingerprint density at radius 1 is 1.22 bits per heavy atom. The van der Waals surface area contributed by atoms with Gasteiger partial charge in [0.25, 0.3) is 0 Å². The van der Waals surface area contributed by atoms with Crippen molar-refractivity contribution < 1.29 is 9.13 Å². The molecule has 120 valence electrons. The Morgan fingerprint density at radius 2 is 2.09 bits per heavy atom. The molecule has 8 heteroatoms. The summed E-state index contributed by atoms with van der Waals surface area (Å²) in [5.41, 5.74) is 0. The summed E-state index contributed by atoms with van der Waals surface area (Å²) in [6, 6.07) is 10.1. The largest absolute Gasteiger partial charge is 0.494 e. The van der Waals surface area contributed by atoms with E-state index in [1.54, 1.807) is 39.9 Å². The minimum absolute atomic E-state index is 0.259. The van der Waals surface area contributed by atoms with Crippen molar-refractivity contribution in [1.82, 2.24) is 20.2 Å². The van der Waals surface area contributed by atoms with Gasteiger partial charge in [-0.15, -0.1) is 16.4 Å². The summed E-state index contributed by atoms with van der Waals surface area (Å²) in [5, 5.41) is 14.7. The summed E-state index contributed by atoms with van der Waals surface area (Å²) in [7, 11) is 0. The number of benzene rings is 1. The molecular formula is C15H15FN4OS2. The predicted molar refractivity (Wildman–Crippen MR) is 88.5 cm³/mol. The number of nitrogens with zero attached hydrogens (tertiary/aromatic N) is 4. The van der Waals surface area contributed by atoms with Crippen LogP contribution in [-0.4, -0.2) is 32.6 Å². The van der Waals surface area contributed by atoms with Gasteiger partial charge >= 0.3 is 0 Å². The lowest BCUT2D eigenvalue weighted by Gasteiger charge is -2.06. The van der Waals surface area contributed by atoms with Gasteiger partial charge in [-0.1, -0.05) is 17.8 Å². The van der Waals surface area contributed by atoms with E-state index in [1.807, 2.05) is 11.4 Å². The second kappa shape index (κ2) is 8.07. The Labute approximate surface area is 141 Å². The van der Waals surface area contributed by atoms with Gasteiger partial charge in [-0.05, 0) is 52.6 Å². The van der Waals surface area contributed by atoms with E-state index in [2.05, 4.69) is 21.6 Å². The molecule has 0 spiro atoms. The standard InChI is InChI=1S/C15H15FN4OS2/c16-12-4-6-13(7-5-12)21-8-2-10-23-15-17-18-19-20(15)11-14-3-1-9-22-14/h1,3-7,9H,2,8,10-11H2. The Balaban J connectivity index is 1.41. The highest BCUT2D eigenvalue weighted by Gasteiger charge is 2.07. The number of ether oxygens (including phenoxy) is 1. The van der Waals surface area contributed by atoms with Crippen molar-refractivity contribution >= 4 is 23.1 Å². The summed E-state index contributed by atoms with van der Waals surface area (Å²) in [5.74, 6) is 1.27. The Hall–Kier alpha value is -1.93. The average Bonchev–Trinajstić information content (AvgIpc) is 3.22. The van der Waals surface area contributed by atoms with E-state index >= 15 is 0 Å². The van der Waals surface area contributed by atoms with Crippen LogP contribution in [0.15, 0.2) is 46.9 Å². The average molecular weight is 350 g/mol. The van der Waals surface area contributed by atoms with Crippen molar-refractivity contribution in [2.24, 2.45) is 0 Å². The van der Waals surface area contributed by atoms with Gasteiger partial charge in [0, 0.05) is 10.6 Å². The van der Waals surface area contributed by atoms with Crippen LogP contribution in [0, 0.1) is 5.82 Å². The zero-order chi connectivity index (χ0) is 15.9. The summed E-state index contributed by atoms with van der Waals surface area (Å²) in [6.45, 7) is 1.27. The van der Waals surface area contributed by atoms with Crippen LogP contribution in [0.3, 0.4) is 0 Å². The molecule has 0 saturated heterocycles. The Kier molecular flexibility index (Phi) is 5.60. The molecule has 0 radical (unpaired) electrons. The molecule has 0 aliphatic rings. The van der Waals surface area contributed by atoms with Crippen molar-refractivity contribution in [2.75, 3.05) is 12.4 Å². The summed E-state index contributed by atoms with van der Waals surface area (Å²) in [6.07, 6.45) is 0.855. The van der Waals surface area contributed by atoms with Crippen LogP contribution in [0.4, 0.5) is 4.39 Å². The van der Waals surface area contributed by atoms with Crippen molar-refractivity contribution in [3.63, 3.8) is 0 Å². The maximum Gasteiger partial charge on any atom is 0.209 e. The van der Waals surface area contributed by atoms with Crippen LogP contribution in [0.1, 0.15) is 11.3 Å². The molecule has 3 aromatic rings. The third-order valence-electron chi connectivity index (χ3n) is 2.99. The molecule has 0 bridgehead atoms. The Morgan fingerprint density at radius 3 is 2.87 bits per heavy atom. The molecule has 0 unspecified atom stereocenters. The molecule has 0 saturated carbocycles. The first-order chi connectivity index (χ1) is 11.3. The van der Waals surface area contributed by atoms with Gasteiger partial charge in [-0.3, -0.25) is 0 Å². The molecule has 3 rings (SSSR count). The van der Waals surface area contributed by atoms with E-state index < -0.39 is 0 Å². The lowest BCUT2D eigenvalue weighted by atomic mass is 10.3. The third-order valence-corrected chi connectivity index (χ3v) is 4.89. The summed E-state index contributed by atoms with van der Waals surface area (Å²) in [4.78, 5) is 1.22. The fourth-order valence-electron chi connectivity index (χ4n) is 1.89. The number of tetrazole rings is 1. The molecule has 0 N–H and O–H groups in total. The minimum atomic E-state index is -0.259.